The number of carbonyl (C=O) groups is 2. The van der Waals surface area contributed by atoms with Gasteiger partial charge in [-0.2, -0.15) is 0 Å². The quantitative estimate of drug-likeness (QED) is 0.504. The van der Waals surface area contributed by atoms with Gasteiger partial charge in [0.2, 0.25) is 0 Å². The highest BCUT2D eigenvalue weighted by atomic mass is 16.6. The van der Waals surface area contributed by atoms with E-state index in [1.807, 2.05) is 6.92 Å². The number of aliphatic carboxylic acids is 1. The predicted molar refractivity (Wildman–Crippen MR) is 48.8 cm³/mol. The largest absolute Gasteiger partial charge is 0.478 e. The van der Waals surface area contributed by atoms with Crippen LogP contribution in [-0.2, 0) is 19.1 Å². The fourth-order valence-electron chi connectivity index (χ4n) is 0.720. The Hall–Kier alpha value is -1.36. The molecule has 0 saturated carbocycles. The van der Waals surface area contributed by atoms with Crippen LogP contribution in [0.5, 0.6) is 0 Å². The molecule has 0 fully saturated rings. The first-order valence-corrected chi connectivity index (χ1v) is 4.25. The molecule has 0 amide bonds. The zero-order valence-corrected chi connectivity index (χ0v) is 8.23. The van der Waals surface area contributed by atoms with E-state index >= 15 is 0 Å². The average molecular weight is 202 g/mol. The summed E-state index contributed by atoms with van der Waals surface area (Å²) in [5.41, 5.74) is 0. The molecule has 0 heterocycles. The second-order valence-electron chi connectivity index (χ2n) is 2.57. The fourth-order valence-corrected chi connectivity index (χ4v) is 0.720. The van der Waals surface area contributed by atoms with Crippen LogP contribution in [0.4, 0.5) is 0 Å². The number of hydrogen-bond donors (Lipinski definition) is 1. The first-order valence-electron chi connectivity index (χ1n) is 4.25. The van der Waals surface area contributed by atoms with E-state index < -0.39 is 11.9 Å². The summed E-state index contributed by atoms with van der Waals surface area (Å²) in [6.07, 6.45) is 1.41. The summed E-state index contributed by atoms with van der Waals surface area (Å²) in [5, 5.41) is 8.20. The summed E-state index contributed by atoms with van der Waals surface area (Å²) in [6, 6.07) is 0. The minimum atomic E-state index is -1.18. The van der Waals surface area contributed by atoms with Crippen LogP contribution >= 0.6 is 0 Å². The molecule has 0 aliphatic carbocycles. The second-order valence-corrected chi connectivity index (χ2v) is 2.57. The van der Waals surface area contributed by atoms with Gasteiger partial charge in [0.05, 0.1) is 6.10 Å². The normalized spacial score (nSPS) is 12.7. The molecule has 0 spiro atoms. The van der Waals surface area contributed by atoms with E-state index in [-0.39, 0.29) is 12.7 Å². The lowest BCUT2D eigenvalue weighted by atomic mass is 10.4. The van der Waals surface area contributed by atoms with Gasteiger partial charge in [-0.05, 0) is 13.8 Å². The van der Waals surface area contributed by atoms with E-state index in [1.165, 1.54) is 0 Å². The fraction of sp³-hybridized carbons (Fsp3) is 0.556. The Kier molecular flexibility index (Phi) is 6.39. The highest BCUT2D eigenvalue weighted by molar-refractivity contribution is 5.90. The van der Waals surface area contributed by atoms with E-state index in [0.717, 1.165) is 12.2 Å². The summed E-state index contributed by atoms with van der Waals surface area (Å²) in [7, 11) is 0. The maximum absolute atomic E-state index is 10.8. The Morgan fingerprint density at radius 1 is 1.43 bits per heavy atom. The van der Waals surface area contributed by atoms with Crippen molar-refractivity contribution in [3.63, 3.8) is 0 Å². The molecule has 0 aliphatic heterocycles. The first kappa shape index (κ1) is 12.6. The number of ether oxygens (including phenoxy) is 2. The van der Waals surface area contributed by atoms with E-state index in [9.17, 15) is 9.59 Å². The van der Waals surface area contributed by atoms with Crippen molar-refractivity contribution in [2.45, 2.75) is 20.0 Å². The third kappa shape index (κ3) is 7.30. The highest BCUT2D eigenvalue weighted by Crippen LogP contribution is 1.92. The van der Waals surface area contributed by atoms with Crippen molar-refractivity contribution in [3.8, 4) is 0 Å². The molecule has 1 atom stereocenters. The van der Waals surface area contributed by atoms with Crippen molar-refractivity contribution in [2.75, 3.05) is 13.2 Å². The Bertz CT molecular complexity index is 221. The molecule has 80 valence electrons. The van der Waals surface area contributed by atoms with Crippen molar-refractivity contribution < 1.29 is 24.2 Å². The van der Waals surface area contributed by atoms with E-state index in [1.54, 1.807) is 6.92 Å². The molecule has 14 heavy (non-hydrogen) atoms. The van der Waals surface area contributed by atoms with Crippen molar-refractivity contribution >= 4 is 11.9 Å². The molecule has 0 aromatic carbocycles. The van der Waals surface area contributed by atoms with Crippen LogP contribution in [0.1, 0.15) is 13.8 Å². The second kappa shape index (κ2) is 7.08. The summed E-state index contributed by atoms with van der Waals surface area (Å²) in [5.74, 6) is -1.86. The van der Waals surface area contributed by atoms with Gasteiger partial charge in [-0.25, -0.2) is 9.59 Å². The van der Waals surface area contributed by atoms with Gasteiger partial charge >= 0.3 is 11.9 Å². The zero-order valence-electron chi connectivity index (χ0n) is 8.23. The lowest BCUT2D eigenvalue weighted by Gasteiger charge is -2.10. The minimum Gasteiger partial charge on any atom is -0.478 e. The molecule has 0 radical (unpaired) electrons. The summed E-state index contributed by atoms with van der Waals surface area (Å²) >= 11 is 0. The Labute approximate surface area is 82.3 Å². The summed E-state index contributed by atoms with van der Waals surface area (Å²) in [4.78, 5) is 20.9. The number of carbonyl (C=O) groups excluding carboxylic acids is 1. The third-order valence-electron chi connectivity index (χ3n) is 1.27. The lowest BCUT2D eigenvalue weighted by molar-refractivity contribution is -0.142. The molecule has 1 unspecified atom stereocenters. The summed E-state index contributed by atoms with van der Waals surface area (Å²) in [6.45, 7) is 4.26. The number of rotatable bonds is 6. The monoisotopic (exact) mass is 202 g/mol. The number of carboxylic acids is 1. The molecule has 0 aromatic rings. The predicted octanol–water partition coefficient (Wildman–Crippen LogP) is 0.595. The highest BCUT2D eigenvalue weighted by Gasteiger charge is 2.04. The van der Waals surface area contributed by atoms with Crippen molar-refractivity contribution in [1.29, 1.82) is 0 Å². The van der Waals surface area contributed by atoms with Crippen LogP contribution in [0.25, 0.3) is 0 Å². The lowest BCUT2D eigenvalue weighted by Crippen LogP contribution is -2.18. The van der Waals surface area contributed by atoms with E-state index in [0.29, 0.717) is 6.61 Å². The molecule has 0 bridgehead atoms. The molecule has 0 saturated heterocycles. The Morgan fingerprint density at radius 3 is 2.57 bits per heavy atom. The van der Waals surface area contributed by atoms with Crippen LogP contribution < -0.4 is 0 Å². The van der Waals surface area contributed by atoms with Crippen molar-refractivity contribution in [3.05, 3.63) is 12.2 Å². The van der Waals surface area contributed by atoms with Gasteiger partial charge in [-0.15, -0.1) is 0 Å². The molecule has 5 heteroatoms. The third-order valence-corrected chi connectivity index (χ3v) is 1.27. The van der Waals surface area contributed by atoms with Crippen LogP contribution in [0.2, 0.25) is 0 Å². The van der Waals surface area contributed by atoms with Crippen LogP contribution in [0.15, 0.2) is 12.2 Å². The van der Waals surface area contributed by atoms with Crippen LogP contribution in [-0.4, -0.2) is 36.4 Å². The average Bonchev–Trinajstić information content (AvgIpc) is 2.12. The summed E-state index contributed by atoms with van der Waals surface area (Å²) < 4.78 is 9.79. The number of carboxylic acid groups (broad SMARTS) is 1. The minimum absolute atomic E-state index is 0.122. The van der Waals surface area contributed by atoms with Gasteiger partial charge in [0.15, 0.2) is 0 Å². The standard InChI is InChI=1S/C9H14O5/c1-3-13-7(2)6-14-9(12)5-4-8(10)11/h4-5,7H,3,6H2,1-2H3,(H,10,11)/b5-4-. The van der Waals surface area contributed by atoms with E-state index in [2.05, 4.69) is 0 Å². The molecular formula is C9H14O5. The Balaban J connectivity index is 3.68. The van der Waals surface area contributed by atoms with Crippen LogP contribution in [0.3, 0.4) is 0 Å². The number of hydrogen-bond acceptors (Lipinski definition) is 4. The van der Waals surface area contributed by atoms with Crippen LogP contribution in [0, 0.1) is 0 Å². The van der Waals surface area contributed by atoms with Gasteiger partial charge in [-0.3, -0.25) is 0 Å². The van der Waals surface area contributed by atoms with Crippen molar-refractivity contribution in [1.82, 2.24) is 0 Å². The van der Waals surface area contributed by atoms with Gasteiger partial charge in [0.25, 0.3) is 0 Å². The van der Waals surface area contributed by atoms with Gasteiger partial charge < -0.3 is 14.6 Å². The number of esters is 1. The van der Waals surface area contributed by atoms with E-state index in [4.69, 9.17) is 14.6 Å². The molecule has 5 nitrogen and oxygen atoms in total. The maximum Gasteiger partial charge on any atom is 0.331 e. The molecule has 1 N–H and O–H groups in total. The maximum atomic E-state index is 10.8. The molecular weight excluding hydrogens is 188 g/mol. The molecule has 0 aliphatic rings. The first-order chi connectivity index (χ1) is 6.56. The van der Waals surface area contributed by atoms with Gasteiger partial charge in [0, 0.05) is 18.8 Å². The zero-order chi connectivity index (χ0) is 11.0. The molecule has 0 aromatic heterocycles. The smallest absolute Gasteiger partial charge is 0.331 e. The Morgan fingerprint density at radius 2 is 2.07 bits per heavy atom. The SMILES string of the molecule is CCOC(C)COC(=O)/C=C\C(=O)O. The molecule has 0 rings (SSSR count). The topological polar surface area (TPSA) is 72.8 Å². The van der Waals surface area contributed by atoms with Gasteiger partial charge in [-0.1, -0.05) is 0 Å². The van der Waals surface area contributed by atoms with Crippen molar-refractivity contribution in [2.24, 2.45) is 0 Å². The van der Waals surface area contributed by atoms with Gasteiger partial charge in [0.1, 0.15) is 6.61 Å².